The number of aryl methyl sites for hydroxylation is 1. The number of nitrogen functional groups attached to an aromatic ring is 1. The zero-order chi connectivity index (χ0) is 11.1. The Morgan fingerprint density at radius 3 is 2.67 bits per heavy atom. The fourth-order valence-electron chi connectivity index (χ4n) is 1.91. The van der Waals surface area contributed by atoms with Crippen LogP contribution in [0.15, 0.2) is 12.3 Å². The van der Waals surface area contributed by atoms with Crippen molar-refractivity contribution in [1.29, 1.82) is 0 Å². The number of ketones is 1. The van der Waals surface area contributed by atoms with Gasteiger partial charge in [0.25, 0.3) is 0 Å². The molecular weight excluding hydrogens is 190 g/mol. The average molecular weight is 205 g/mol. The van der Waals surface area contributed by atoms with Crippen molar-refractivity contribution in [3.63, 3.8) is 0 Å². The van der Waals surface area contributed by atoms with E-state index in [0.29, 0.717) is 5.56 Å². The summed E-state index contributed by atoms with van der Waals surface area (Å²) in [6, 6.07) is 1.78. The molecule has 15 heavy (non-hydrogen) atoms. The van der Waals surface area contributed by atoms with Crippen LogP contribution in [-0.2, 0) is 0 Å². The molecule has 1 heterocycles. The third-order valence-electron chi connectivity index (χ3n) is 3.11. The standard InChI is InChI=1S/C11H15N3O/c1-7-3-6-14-10(12)8(7)9(15)11(13)4-2-5-11/h3,6H,2,4-5,13H2,1H3,(H2,12,14). The second-order valence-corrected chi connectivity index (χ2v) is 4.23. The van der Waals surface area contributed by atoms with Gasteiger partial charge in [-0.15, -0.1) is 0 Å². The number of aromatic nitrogens is 1. The van der Waals surface area contributed by atoms with E-state index in [2.05, 4.69) is 4.98 Å². The third-order valence-corrected chi connectivity index (χ3v) is 3.11. The van der Waals surface area contributed by atoms with Crippen LogP contribution in [0, 0.1) is 6.92 Å². The van der Waals surface area contributed by atoms with E-state index in [1.807, 2.05) is 6.92 Å². The Balaban J connectivity index is 2.41. The Hall–Kier alpha value is -1.42. The molecule has 0 aliphatic heterocycles. The molecule has 1 aliphatic rings. The lowest BCUT2D eigenvalue weighted by Crippen LogP contribution is -2.53. The summed E-state index contributed by atoms with van der Waals surface area (Å²) in [5.74, 6) is 0.230. The van der Waals surface area contributed by atoms with Crippen LogP contribution in [0.1, 0.15) is 35.2 Å². The number of hydrogen-bond acceptors (Lipinski definition) is 4. The molecule has 0 spiro atoms. The molecule has 1 aliphatic carbocycles. The SMILES string of the molecule is Cc1ccnc(N)c1C(=O)C1(N)CCC1. The molecule has 0 atom stereocenters. The summed E-state index contributed by atoms with van der Waals surface area (Å²) in [6.07, 6.45) is 4.12. The van der Waals surface area contributed by atoms with Crippen molar-refractivity contribution in [2.24, 2.45) is 5.73 Å². The lowest BCUT2D eigenvalue weighted by Gasteiger charge is -2.36. The predicted molar refractivity (Wildman–Crippen MR) is 58.5 cm³/mol. The first-order chi connectivity index (χ1) is 7.04. The summed E-state index contributed by atoms with van der Waals surface area (Å²) in [4.78, 5) is 16.1. The number of pyridine rings is 1. The van der Waals surface area contributed by atoms with E-state index in [-0.39, 0.29) is 11.6 Å². The van der Waals surface area contributed by atoms with E-state index in [4.69, 9.17) is 11.5 Å². The zero-order valence-corrected chi connectivity index (χ0v) is 8.79. The molecule has 4 nitrogen and oxygen atoms in total. The molecule has 0 unspecified atom stereocenters. The number of nitrogens with two attached hydrogens (primary N) is 2. The zero-order valence-electron chi connectivity index (χ0n) is 8.79. The summed E-state index contributed by atoms with van der Waals surface area (Å²) < 4.78 is 0. The molecule has 0 saturated heterocycles. The van der Waals surface area contributed by atoms with Crippen LogP contribution >= 0.6 is 0 Å². The molecule has 0 aromatic carbocycles. The maximum Gasteiger partial charge on any atom is 0.186 e. The van der Waals surface area contributed by atoms with Crippen LogP contribution in [-0.4, -0.2) is 16.3 Å². The largest absolute Gasteiger partial charge is 0.383 e. The second-order valence-electron chi connectivity index (χ2n) is 4.23. The van der Waals surface area contributed by atoms with E-state index in [0.717, 1.165) is 24.8 Å². The van der Waals surface area contributed by atoms with Crippen LogP contribution in [0.5, 0.6) is 0 Å². The van der Waals surface area contributed by atoms with E-state index in [9.17, 15) is 4.79 Å². The van der Waals surface area contributed by atoms with Gasteiger partial charge in [0, 0.05) is 6.20 Å². The van der Waals surface area contributed by atoms with Gasteiger partial charge in [0.15, 0.2) is 5.78 Å². The average Bonchev–Trinajstić information content (AvgIpc) is 2.13. The molecule has 2 rings (SSSR count). The van der Waals surface area contributed by atoms with Crippen molar-refractivity contribution in [3.8, 4) is 0 Å². The lowest BCUT2D eigenvalue weighted by molar-refractivity contribution is 0.0800. The highest BCUT2D eigenvalue weighted by atomic mass is 16.1. The van der Waals surface area contributed by atoms with Crippen LogP contribution in [0.25, 0.3) is 0 Å². The van der Waals surface area contributed by atoms with Gasteiger partial charge < -0.3 is 11.5 Å². The van der Waals surface area contributed by atoms with Crippen molar-refractivity contribution < 1.29 is 4.79 Å². The van der Waals surface area contributed by atoms with Crippen LogP contribution in [0.2, 0.25) is 0 Å². The van der Waals surface area contributed by atoms with E-state index in [1.54, 1.807) is 12.3 Å². The highest BCUT2D eigenvalue weighted by Gasteiger charge is 2.41. The Labute approximate surface area is 88.7 Å². The molecule has 4 N–H and O–H groups in total. The van der Waals surface area contributed by atoms with Gasteiger partial charge in [-0.25, -0.2) is 4.98 Å². The van der Waals surface area contributed by atoms with Gasteiger partial charge >= 0.3 is 0 Å². The minimum Gasteiger partial charge on any atom is -0.383 e. The minimum absolute atomic E-state index is 0.0585. The van der Waals surface area contributed by atoms with Gasteiger partial charge in [0.1, 0.15) is 5.82 Å². The molecule has 4 heteroatoms. The number of carbonyl (C=O) groups excluding carboxylic acids is 1. The first kappa shape index (κ1) is 10.1. The number of rotatable bonds is 2. The Morgan fingerprint density at radius 2 is 2.20 bits per heavy atom. The molecule has 0 radical (unpaired) electrons. The molecular formula is C11H15N3O. The van der Waals surface area contributed by atoms with Gasteiger partial charge in [0.2, 0.25) is 0 Å². The highest BCUT2D eigenvalue weighted by molar-refractivity contribution is 6.07. The maximum atomic E-state index is 12.1. The number of Topliss-reactive ketones (excluding diaryl/α,β-unsaturated/α-hetero) is 1. The monoisotopic (exact) mass is 205 g/mol. The fourth-order valence-corrected chi connectivity index (χ4v) is 1.91. The van der Waals surface area contributed by atoms with Crippen molar-refractivity contribution >= 4 is 11.6 Å². The molecule has 0 bridgehead atoms. The Bertz CT molecular complexity index is 390. The smallest absolute Gasteiger partial charge is 0.186 e. The fraction of sp³-hybridized carbons (Fsp3) is 0.455. The van der Waals surface area contributed by atoms with E-state index in [1.165, 1.54) is 0 Å². The van der Waals surface area contributed by atoms with Crippen molar-refractivity contribution in [2.45, 2.75) is 31.7 Å². The van der Waals surface area contributed by atoms with E-state index >= 15 is 0 Å². The third kappa shape index (κ3) is 1.51. The summed E-state index contributed by atoms with van der Waals surface area (Å²) in [5.41, 5.74) is 12.4. The molecule has 1 aromatic rings. The maximum absolute atomic E-state index is 12.1. The predicted octanol–water partition coefficient (Wildman–Crippen LogP) is 1.04. The highest BCUT2D eigenvalue weighted by Crippen LogP contribution is 2.34. The normalized spacial score (nSPS) is 18.3. The van der Waals surface area contributed by atoms with Crippen LogP contribution < -0.4 is 11.5 Å². The Kier molecular flexibility index (Phi) is 2.23. The summed E-state index contributed by atoms with van der Waals surface area (Å²) >= 11 is 0. The van der Waals surface area contributed by atoms with E-state index < -0.39 is 5.54 Å². The van der Waals surface area contributed by atoms with Gasteiger partial charge in [0.05, 0.1) is 11.1 Å². The number of carbonyl (C=O) groups is 1. The number of anilines is 1. The van der Waals surface area contributed by atoms with Crippen LogP contribution in [0.4, 0.5) is 5.82 Å². The van der Waals surface area contributed by atoms with Crippen molar-refractivity contribution in [3.05, 3.63) is 23.4 Å². The van der Waals surface area contributed by atoms with Crippen molar-refractivity contribution in [2.75, 3.05) is 5.73 Å². The summed E-state index contributed by atoms with van der Waals surface area (Å²) in [5, 5.41) is 0. The van der Waals surface area contributed by atoms with Gasteiger partial charge in [-0.3, -0.25) is 4.79 Å². The van der Waals surface area contributed by atoms with Crippen molar-refractivity contribution in [1.82, 2.24) is 4.98 Å². The summed E-state index contributed by atoms with van der Waals surface area (Å²) in [7, 11) is 0. The molecule has 1 fully saturated rings. The first-order valence-electron chi connectivity index (χ1n) is 5.09. The summed E-state index contributed by atoms with van der Waals surface area (Å²) in [6.45, 7) is 1.85. The minimum atomic E-state index is -0.693. The Morgan fingerprint density at radius 1 is 1.53 bits per heavy atom. The quantitative estimate of drug-likeness (QED) is 0.707. The van der Waals surface area contributed by atoms with Gasteiger partial charge in [-0.2, -0.15) is 0 Å². The van der Waals surface area contributed by atoms with Crippen LogP contribution in [0.3, 0.4) is 0 Å². The number of hydrogen-bond donors (Lipinski definition) is 2. The van der Waals surface area contributed by atoms with Gasteiger partial charge in [-0.1, -0.05) is 0 Å². The first-order valence-corrected chi connectivity index (χ1v) is 5.09. The molecule has 0 amide bonds. The topological polar surface area (TPSA) is 82.0 Å². The molecule has 1 aromatic heterocycles. The lowest BCUT2D eigenvalue weighted by atomic mass is 9.72. The molecule has 80 valence electrons. The second kappa shape index (κ2) is 3.31. The number of nitrogens with zero attached hydrogens (tertiary/aromatic N) is 1. The van der Waals surface area contributed by atoms with Gasteiger partial charge in [-0.05, 0) is 37.8 Å². The molecule has 1 saturated carbocycles.